The number of aromatic carboxylic acids is 1. The van der Waals surface area contributed by atoms with Crippen molar-refractivity contribution in [2.75, 3.05) is 23.2 Å². The number of halogens is 1. The molecule has 2 aromatic rings. The third-order valence-corrected chi connectivity index (χ3v) is 5.80. The molecule has 0 unspecified atom stereocenters. The van der Waals surface area contributed by atoms with Crippen molar-refractivity contribution >= 4 is 43.3 Å². The molecule has 2 N–H and O–H groups in total. The summed E-state index contributed by atoms with van der Waals surface area (Å²) >= 11 is 3.25. The lowest BCUT2D eigenvalue weighted by molar-refractivity contribution is 0.0698. The summed E-state index contributed by atoms with van der Waals surface area (Å²) in [5.41, 5.74) is 0.669. The first-order valence-corrected chi connectivity index (χ1v) is 10.4. The van der Waals surface area contributed by atoms with Crippen LogP contribution in [-0.2, 0) is 10.0 Å². The average Bonchev–Trinajstić information content (AvgIpc) is 2.59. The number of sulfonamides is 1. The van der Waals surface area contributed by atoms with E-state index in [1.165, 1.54) is 24.3 Å². The van der Waals surface area contributed by atoms with E-state index in [2.05, 4.69) is 27.6 Å². The summed E-state index contributed by atoms with van der Waals surface area (Å²) in [5, 5.41) is 9.49. The van der Waals surface area contributed by atoms with Crippen LogP contribution in [-0.4, -0.2) is 33.1 Å². The zero-order valence-electron chi connectivity index (χ0n) is 14.6. The smallest absolute Gasteiger partial charge is 0.337 e. The molecule has 2 aromatic carbocycles. The van der Waals surface area contributed by atoms with Gasteiger partial charge in [-0.2, -0.15) is 0 Å². The summed E-state index contributed by atoms with van der Waals surface area (Å²) in [6.07, 6.45) is 2.01. The standard InChI is InChI=1S/C18H21BrN2O4S/c1-3-4-11-21(2)14-7-10-17(16(12-14)18(22)23)20-26(24,25)15-8-5-13(19)6-9-15/h5-10,12,20H,3-4,11H2,1-2H3,(H,22,23). The Morgan fingerprint density at radius 3 is 2.42 bits per heavy atom. The molecule has 0 aliphatic heterocycles. The van der Waals surface area contributed by atoms with Crippen LogP contribution in [0.2, 0.25) is 0 Å². The van der Waals surface area contributed by atoms with Crippen LogP contribution in [0.25, 0.3) is 0 Å². The molecule has 0 radical (unpaired) electrons. The van der Waals surface area contributed by atoms with E-state index in [1.54, 1.807) is 18.2 Å². The largest absolute Gasteiger partial charge is 0.478 e. The predicted molar refractivity (Wildman–Crippen MR) is 107 cm³/mol. The summed E-state index contributed by atoms with van der Waals surface area (Å²) in [4.78, 5) is 13.6. The van der Waals surface area contributed by atoms with Crippen LogP contribution in [0.15, 0.2) is 51.8 Å². The van der Waals surface area contributed by atoms with Gasteiger partial charge in [-0.3, -0.25) is 4.72 Å². The van der Waals surface area contributed by atoms with E-state index in [9.17, 15) is 18.3 Å². The molecule has 0 aliphatic carbocycles. The highest BCUT2D eigenvalue weighted by Gasteiger charge is 2.19. The molecule has 0 bridgehead atoms. The van der Waals surface area contributed by atoms with Crippen LogP contribution in [0.5, 0.6) is 0 Å². The van der Waals surface area contributed by atoms with Crippen LogP contribution in [0.3, 0.4) is 0 Å². The molecule has 0 spiro atoms. The maximum absolute atomic E-state index is 12.5. The fourth-order valence-corrected chi connectivity index (χ4v) is 3.72. The Morgan fingerprint density at radius 2 is 1.85 bits per heavy atom. The zero-order chi connectivity index (χ0) is 19.3. The minimum absolute atomic E-state index is 0.0352. The lowest BCUT2D eigenvalue weighted by Crippen LogP contribution is -2.20. The number of unbranched alkanes of at least 4 members (excludes halogenated alkanes) is 1. The third-order valence-electron chi connectivity index (χ3n) is 3.89. The van der Waals surface area contributed by atoms with E-state index < -0.39 is 16.0 Å². The molecule has 6 nitrogen and oxygen atoms in total. The SMILES string of the molecule is CCCCN(C)c1ccc(NS(=O)(=O)c2ccc(Br)cc2)c(C(=O)O)c1. The van der Waals surface area contributed by atoms with E-state index in [0.717, 1.165) is 29.5 Å². The molecule has 0 aromatic heterocycles. The van der Waals surface area contributed by atoms with Crippen molar-refractivity contribution < 1.29 is 18.3 Å². The predicted octanol–water partition coefficient (Wildman–Crippen LogP) is 4.18. The van der Waals surface area contributed by atoms with Gasteiger partial charge in [0.1, 0.15) is 0 Å². The number of benzene rings is 2. The molecule has 26 heavy (non-hydrogen) atoms. The van der Waals surface area contributed by atoms with Gasteiger partial charge < -0.3 is 10.0 Å². The first-order chi connectivity index (χ1) is 12.2. The van der Waals surface area contributed by atoms with Gasteiger partial charge in [0.25, 0.3) is 10.0 Å². The zero-order valence-corrected chi connectivity index (χ0v) is 17.0. The Labute approximate surface area is 162 Å². The summed E-state index contributed by atoms with van der Waals surface area (Å²) in [5.74, 6) is -1.19. The number of nitrogens with zero attached hydrogens (tertiary/aromatic N) is 1. The molecule has 8 heteroatoms. The highest BCUT2D eigenvalue weighted by atomic mass is 79.9. The Balaban J connectivity index is 2.34. The molecule has 0 saturated heterocycles. The highest BCUT2D eigenvalue weighted by Crippen LogP contribution is 2.26. The minimum atomic E-state index is -3.88. The van der Waals surface area contributed by atoms with Crippen LogP contribution in [0.4, 0.5) is 11.4 Å². The normalized spacial score (nSPS) is 11.2. The minimum Gasteiger partial charge on any atom is -0.478 e. The summed E-state index contributed by atoms with van der Waals surface area (Å²) in [6.45, 7) is 2.87. The maximum Gasteiger partial charge on any atom is 0.337 e. The third kappa shape index (κ3) is 4.98. The second-order valence-electron chi connectivity index (χ2n) is 5.87. The fourth-order valence-electron chi connectivity index (χ4n) is 2.38. The highest BCUT2D eigenvalue weighted by molar-refractivity contribution is 9.10. The number of hydrogen-bond donors (Lipinski definition) is 2. The second kappa shape index (κ2) is 8.55. The average molecular weight is 441 g/mol. The van der Waals surface area contributed by atoms with E-state index in [4.69, 9.17) is 0 Å². The van der Waals surface area contributed by atoms with Crippen LogP contribution < -0.4 is 9.62 Å². The molecule has 0 aliphatic rings. The van der Waals surface area contributed by atoms with Gasteiger partial charge in [0.2, 0.25) is 0 Å². The quantitative estimate of drug-likeness (QED) is 0.642. The summed E-state index contributed by atoms with van der Waals surface area (Å²) < 4.78 is 28.2. The number of anilines is 2. The topological polar surface area (TPSA) is 86.7 Å². The Hall–Kier alpha value is -2.06. The molecule has 0 fully saturated rings. The first-order valence-electron chi connectivity index (χ1n) is 8.11. The molecule has 0 amide bonds. The molecule has 2 rings (SSSR count). The number of carbonyl (C=O) groups is 1. The van der Waals surface area contributed by atoms with Crippen molar-refractivity contribution in [3.63, 3.8) is 0 Å². The number of nitrogens with one attached hydrogen (secondary N) is 1. The van der Waals surface area contributed by atoms with Crippen molar-refractivity contribution in [3.8, 4) is 0 Å². The van der Waals surface area contributed by atoms with E-state index in [0.29, 0.717) is 0 Å². The van der Waals surface area contributed by atoms with Crippen LogP contribution >= 0.6 is 15.9 Å². The fraction of sp³-hybridized carbons (Fsp3) is 0.278. The van der Waals surface area contributed by atoms with Crippen molar-refractivity contribution in [3.05, 3.63) is 52.5 Å². The van der Waals surface area contributed by atoms with E-state index in [1.807, 2.05) is 11.9 Å². The van der Waals surface area contributed by atoms with Gasteiger partial charge in [-0.25, -0.2) is 13.2 Å². The van der Waals surface area contributed by atoms with Gasteiger partial charge in [-0.15, -0.1) is 0 Å². The lowest BCUT2D eigenvalue weighted by Gasteiger charge is -2.20. The van der Waals surface area contributed by atoms with Crippen LogP contribution in [0.1, 0.15) is 30.1 Å². The summed E-state index contributed by atoms with van der Waals surface area (Å²) in [7, 11) is -2.00. The van der Waals surface area contributed by atoms with Gasteiger partial charge in [-0.1, -0.05) is 29.3 Å². The lowest BCUT2D eigenvalue weighted by atomic mass is 10.1. The second-order valence-corrected chi connectivity index (χ2v) is 8.47. The number of carboxylic acid groups (broad SMARTS) is 1. The van der Waals surface area contributed by atoms with Gasteiger partial charge in [0.05, 0.1) is 16.1 Å². The van der Waals surface area contributed by atoms with Gasteiger partial charge in [0.15, 0.2) is 0 Å². The van der Waals surface area contributed by atoms with Crippen molar-refractivity contribution in [1.82, 2.24) is 0 Å². The summed E-state index contributed by atoms with van der Waals surface area (Å²) in [6, 6.07) is 10.8. The molecular formula is C18H21BrN2O4S. The number of hydrogen-bond acceptors (Lipinski definition) is 4. The molecule has 0 saturated carbocycles. The molecular weight excluding hydrogens is 420 g/mol. The van der Waals surface area contributed by atoms with E-state index in [-0.39, 0.29) is 16.1 Å². The number of carboxylic acids is 1. The van der Waals surface area contributed by atoms with Crippen molar-refractivity contribution in [2.24, 2.45) is 0 Å². The first kappa shape index (κ1) is 20.3. The van der Waals surface area contributed by atoms with Gasteiger partial charge in [0, 0.05) is 23.8 Å². The monoisotopic (exact) mass is 440 g/mol. The van der Waals surface area contributed by atoms with Crippen molar-refractivity contribution in [2.45, 2.75) is 24.7 Å². The Kier molecular flexibility index (Phi) is 6.66. The van der Waals surface area contributed by atoms with Gasteiger partial charge >= 0.3 is 5.97 Å². The number of rotatable bonds is 8. The van der Waals surface area contributed by atoms with Crippen molar-refractivity contribution in [1.29, 1.82) is 0 Å². The maximum atomic E-state index is 12.5. The van der Waals surface area contributed by atoms with Gasteiger partial charge in [-0.05, 0) is 48.9 Å². The Bertz CT molecular complexity index is 883. The molecule has 0 atom stereocenters. The Morgan fingerprint density at radius 1 is 1.19 bits per heavy atom. The molecule has 140 valence electrons. The van der Waals surface area contributed by atoms with E-state index >= 15 is 0 Å². The van der Waals surface area contributed by atoms with Crippen LogP contribution in [0, 0.1) is 0 Å². The molecule has 0 heterocycles.